The zero-order valence-electron chi connectivity index (χ0n) is 11.7. The lowest BCUT2D eigenvalue weighted by Gasteiger charge is -2.21. The fourth-order valence-corrected chi connectivity index (χ4v) is 3.05. The van der Waals surface area contributed by atoms with Crippen molar-refractivity contribution in [1.82, 2.24) is 10.6 Å². The van der Waals surface area contributed by atoms with Gasteiger partial charge in [0, 0.05) is 25.0 Å². The fourth-order valence-electron chi connectivity index (χ4n) is 3.05. The van der Waals surface area contributed by atoms with Gasteiger partial charge < -0.3 is 16.4 Å². The summed E-state index contributed by atoms with van der Waals surface area (Å²) in [5.74, 6) is 2.93. The van der Waals surface area contributed by atoms with E-state index in [-0.39, 0.29) is 11.9 Å². The summed E-state index contributed by atoms with van der Waals surface area (Å²) in [7, 11) is 0. The quantitative estimate of drug-likeness (QED) is 0.583. The molecule has 0 aromatic heterocycles. The number of hydrogen-bond acceptors (Lipinski definition) is 3. The normalized spacial score (nSPS) is 24.5. The Balaban J connectivity index is 1.39. The van der Waals surface area contributed by atoms with E-state index in [4.69, 9.17) is 5.73 Å². The van der Waals surface area contributed by atoms with Crippen LogP contribution in [-0.4, -0.2) is 31.1 Å². The van der Waals surface area contributed by atoms with Crippen molar-refractivity contribution in [2.45, 2.75) is 57.0 Å². The molecule has 19 heavy (non-hydrogen) atoms. The molecule has 1 atom stereocenters. The lowest BCUT2D eigenvalue weighted by molar-refractivity contribution is -0.121. The molecule has 0 aromatic carbocycles. The van der Waals surface area contributed by atoms with Crippen molar-refractivity contribution in [2.24, 2.45) is 23.5 Å². The van der Waals surface area contributed by atoms with Crippen molar-refractivity contribution in [1.29, 1.82) is 0 Å². The van der Waals surface area contributed by atoms with Crippen LogP contribution in [0, 0.1) is 17.8 Å². The first kappa shape index (κ1) is 13.4. The van der Waals surface area contributed by atoms with Gasteiger partial charge in [-0.2, -0.15) is 0 Å². The Hall–Kier alpha value is -0.610. The first-order valence-electron chi connectivity index (χ1n) is 7.99. The Morgan fingerprint density at radius 3 is 2.21 bits per heavy atom. The van der Waals surface area contributed by atoms with Crippen LogP contribution in [0.1, 0.15) is 44.9 Å². The predicted molar refractivity (Wildman–Crippen MR) is 75.6 cm³/mol. The van der Waals surface area contributed by atoms with Crippen LogP contribution in [0.3, 0.4) is 0 Å². The molecule has 3 fully saturated rings. The number of nitrogens with two attached hydrogens (primary N) is 1. The van der Waals surface area contributed by atoms with Crippen molar-refractivity contribution in [3.63, 3.8) is 0 Å². The van der Waals surface area contributed by atoms with Crippen molar-refractivity contribution in [2.75, 3.05) is 13.1 Å². The third kappa shape index (κ3) is 4.18. The SMILES string of the molecule is NCC(CC(=O)NC1CC1)NCC(C1CC1)C1CC1. The minimum absolute atomic E-state index is 0.152. The zero-order chi connectivity index (χ0) is 13.2. The minimum Gasteiger partial charge on any atom is -0.353 e. The van der Waals surface area contributed by atoms with E-state index in [1.807, 2.05) is 0 Å². The van der Waals surface area contributed by atoms with Crippen LogP contribution in [-0.2, 0) is 4.79 Å². The van der Waals surface area contributed by atoms with Gasteiger partial charge in [-0.3, -0.25) is 4.79 Å². The van der Waals surface area contributed by atoms with Gasteiger partial charge in [0.15, 0.2) is 0 Å². The van der Waals surface area contributed by atoms with Crippen molar-refractivity contribution in [3.05, 3.63) is 0 Å². The molecular weight excluding hydrogens is 238 g/mol. The lowest BCUT2D eigenvalue weighted by atomic mass is 9.97. The zero-order valence-corrected chi connectivity index (χ0v) is 11.7. The molecule has 0 heterocycles. The smallest absolute Gasteiger partial charge is 0.221 e. The molecule has 0 spiro atoms. The lowest BCUT2D eigenvalue weighted by Crippen LogP contribution is -2.43. The van der Waals surface area contributed by atoms with E-state index in [2.05, 4.69) is 10.6 Å². The summed E-state index contributed by atoms with van der Waals surface area (Å²) in [6.45, 7) is 1.62. The van der Waals surface area contributed by atoms with E-state index in [9.17, 15) is 4.79 Å². The van der Waals surface area contributed by atoms with E-state index < -0.39 is 0 Å². The highest BCUT2D eigenvalue weighted by molar-refractivity contribution is 5.77. The first-order chi connectivity index (χ1) is 9.26. The van der Waals surface area contributed by atoms with E-state index in [0.717, 1.165) is 37.1 Å². The topological polar surface area (TPSA) is 67.2 Å². The number of hydrogen-bond donors (Lipinski definition) is 3. The molecule has 1 unspecified atom stereocenters. The van der Waals surface area contributed by atoms with Gasteiger partial charge in [0.25, 0.3) is 0 Å². The van der Waals surface area contributed by atoms with Gasteiger partial charge in [0.05, 0.1) is 0 Å². The summed E-state index contributed by atoms with van der Waals surface area (Å²) in [5, 5.41) is 6.59. The number of rotatable bonds is 9. The van der Waals surface area contributed by atoms with Gasteiger partial charge in [-0.15, -0.1) is 0 Å². The molecule has 4 nitrogen and oxygen atoms in total. The number of amides is 1. The molecule has 0 aliphatic heterocycles. The first-order valence-corrected chi connectivity index (χ1v) is 7.99. The van der Waals surface area contributed by atoms with Crippen LogP contribution in [0.4, 0.5) is 0 Å². The number of nitrogens with one attached hydrogen (secondary N) is 2. The van der Waals surface area contributed by atoms with Crippen LogP contribution in [0.5, 0.6) is 0 Å². The van der Waals surface area contributed by atoms with Crippen LogP contribution < -0.4 is 16.4 Å². The highest BCUT2D eigenvalue weighted by atomic mass is 16.1. The molecule has 4 N–H and O–H groups in total. The Morgan fingerprint density at radius 1 is 1.11 bits per heavy atom. The van der Waals surface area contributed by atoms with Crippen molar-refractivity contribution in [3.8, 4) is 0 Å². The fraction of sp³-hybridized carbons (Fsp3) is 0.933. The summed E-state index contributed by atoms with van der Waals surface area (Å²) in [6, 6.07) is 0.607. The average molecular weight is 265 g/mol. The Morgan fingerprint density at radius 2 is 1.74 bits per heavy atom. The van der Waals surface area contributed by atoms with E-state index >= 15 is 0 Å². The van der Waals surface area contributed by atoms with E-state index in [0.29, 0.717) is 19.0 Å². The van der Waals surface area contributed by atoms with E-state index in [1.54, 1.807) is 0 Å². The van der Waals surface area contributed by atoms with Gasteiger partial charge in [0.2, 0.25) is 5.91 Å². The Kier molecular flexibility index (Phi) is 4.08. The number of carbonyl (C=O) groups is 1. The van der Waals surface area contributed by atoms with Crippen LogP contribution in [0.2, 0.25) is 0 Å². The Labute approximate surface area is 115 Å². The Bertz CT molecular complexity index is 309. The molecular formula is C15H27N3O. The standard InChI is InChI=1S/C15H27N3O/c16-8-13(7-15(19)18-12-5-6-12)17-9-14(10-1-2-10)11-3-4-11/h10-14,17H,1-9,16H2,(H,18,19). The summed E-state index contributed by atoms with van der Waals surface area (Å²) in [6.07, 6.45) is 8.50. The average Bonchev–Trinajstić information content (AvgIpc) is 3.26. The maximum atomic E-state index is 11.8. The molecule has 108 valence electrons. The second-order valence-corrected chi connectivity index (χ2v) is 6.73. The molecule has 4 heteroatoms. The molecule has 0 bridgehead atoms. The third-order valence-electron chi connectivity index (χ3n) is 4.76. The van der Waals surface area contributed by atoms with Gasteiger partial charge in [-0.25, -0.2) is 0 Å². The largest absolute Gasteiger partial charge is 0.353 e. The molecule has 3 saturated carbocycles. The van der Waals surface area contributed by atoms with Gasteiger partial charge in [0.1, 0.15) is 0 Å². The maximum absolute atomic E-state index is 11.8. The van der Waals surface area contributed by atoms with Crippen LogP contribution in [0.15, 0.2) is 0 Å². The molecule has 0 saturated heterocycles. The second kappa shape index (κ2) is 5.80. The maximum Gasteiger partial charge on any atom is 0.221 e. The third-order valence-corrected chi connectivity index (χ3v) is 4.76. The van der Waals surface area contributed by atoms with Gasteiger partial charge >= 0.3 is 0 Å². The van der Waals surface area contributed by atoms with E-state index in [1.165, 1.54) is 25.7 Å². The minimum atomic E-state index is 0.152. The monoisotopic (exact) mass is 265 g/mol. The van der Waals surface area contributed by atoms with Crippen LogP contribution in [0.25, 0.3) is 0 Å². The van der Waals surface area contributed by atoms with Crippen molar-refractivity contribution >= 4 is 5.91 Å². The van der Waals surface area contributed by atoms with Crippen LogP contribution >= 0.6 is 0 Å². The number of carbonyl (C=O) groups excluding carboxylic acids is 1. The highest BCUT2D eigenvalue weighted by Gasteiger charge is 2.41. The van der Waals surface area contributed by atoms with Gasteiger partial charge in [-0.05, 0) is 62.8 Å². The van der Waals surface area contributed by atoms with Crippen molar-refractivity contribution < 1.29 is 4.79 Å². The molecule has 0 aromatic rings. The molecule has 1 amide bonds. The molecule has 3 aliphatic rings. The summed E-state index contributed by atoms with van der Waals surface area (Å²) >= 11 is 0. The predicted octanol–water partition coefficient (Wildman–Crippen LogP) is 1.01. The summed E-state index contributed by atoms with van der Waals surface area (Å²) in [5.41, 5.74) is 5.79. The summed E-state index contributed by atoms with van der Waals surface area (Å²) < 4.78 is 0. The highest BCUT2D eigenvalue weighted by Crippen LogP contribution is 2.48. The molecule has 3 aliphatic carbocycles. The molecule has 0 radical (unpaired) electrons. The summed E-state index contributed by atoms with van der Waals surface area (Å²) in [4.78, 5) is 11.8. The second-order valence-electron chi connectivity index (χ2n) is 6.73. The molecule has 3 rings (SSSR count). The van der Waals surface area contributed by atoms with Gasteiger partial charge in [-0.1, -0.05) is 0 Å².